The van der Waals surface area contributed by atoms with Gasteiger partial charge >= 0.3 is 5.97 Å². The van der Waals surface area contributed by atoms with Crippen molar-refractivity contribution >= 4 is 35.1 Å². The van der Waals surface area contributed by atoms with Gasteiger partial charge in [-0.2, -0.15) is 0 Å². The topological polar surface area (TPSA) is 57.6 Å². The number of hydrogen-bond acceptors (Lipinski definition) is 2. The standard InChI is InChI=1S/C15H17Cl2NO3/c1-15(2)11(12(15)14(20)21)13(19)18(3)7-8-4-5-9(16)6-10(8)17/h4-6,11-12H,7H2,1-3H3,(H,20,21). The quantitative estimate of drug-likeness (QED) is 0.921. The fraction of sp³-hybridized carbons (Fsp3) is 0.467. The van der Waals surface area contributed by atoms with E-state index >= 15 is 0 Å². The van der Waals surface area contributed by atoms with Crippen molar-refractivity contribution < 1.29 is 14.7 Å². The molecule has 1 saturated carbocycles. The Morgan fingerprint density at radius 2 is 1.90 bits per heavy atom. The maximum absolute atomic E-state index is 12.4. The number of halogens is 2. The molecular weight excluding hydrogens is 313 g/mol. The van der Waals surface area contributed by atoms with Crippen molar-refractivity contribution in [3.8, 4) is 0 Å². The van der Waals surface area contributed by atoms with Crippen LogP contribution in [0.2, 0.25) is 10.0 Å². The zero-order valence-electron chi connectivity index (χ0n) is 12.1. The van der Waals surface area contributed by atoms with E-state index < -0.39 is 23.2 Å². The monoisotopic (exact) mass is 329 g/mol. The van der Waals surface area contributed by atoms with Gasteiger partial charge in [0.2, 0.25) is 5.91 Å². The summed E-state index contributed by atoms with van der Waals surface area (Å²) in [5, 5.41) is 10.2. The average molecular weight is 330 g/mol. The van der Waals surface area contributed by atoms with Gasteiger partial charge in [-0.05, 0) is 23.1 Å². The van der Waals surface area contributed by atoms with Crippen molar-refractivity contribution in [1.82, 2.24) is 4.90 Å². The molecule has 1 aromatic rings. The first-order valence-corrected chi connectivity index (χ1v) is 7.33. The second-order valence-electron chi connectivity index (χ2n) is 6.04. The molecule has 1 fully saturated rings. The van der Waals surface area contributed by atoms with Gasteiger partial charge in [-0.15, -0.1) is 0 Å². The Balaban J connectivity index is 2.09. The molecule has 2 unspecified atom stereocenters. The fourth-order valence-electron chi connectivity index (χ4n) is 2.78. The highest BCUT2D eigenvalue weighted by Gasteiger charge is 2.66. The molecule has 0 saturated heterocycles. The summed E-state index contributed by atoms with van der Waals surface area (Å²) >= 11 is 11.9. The van der Waals surface area contributed by atoms with Gasteiger partial charge in [0.1, 0.15) is 0 Å². The highest BCUT2D eigenvalue weighted by atomic mass is 35.5. The Kier molecular flexibility index (Phi) is 4.22. The molecule has 21 heavy (non-hydrogen) atoms. The number of rotatable bonds is 4. The summed E-state index contributed by atoms with van der Waals surface area (Å²) in [6, 6.07) is 5.10. The SMILES string of the molecule is CN(Cc1ccc(Cl)cc1Cl)C(=O)C1C(C(=O)O)C1(C)C. The number of amides is 1. The van der Waals surface area contributed by atoms with Crippen LogP contribution in [-0.4, -0.2) is 28.9 Å². The van der Waals surface area contributed by atoms with Crippen LogP contribution in [0, 0.1) is 17.3 Å². The summed E-state index contributed by atoms with van der Waals surface area (Å²) in [6.45, 7) is 3.93. The molecule has 4 nitrogen and oxygen atoms in total. The van der Waals surface area contributed by atoms with Gasteiger partial charge in [0.15, 0.2) is 0 Å². The van der Waals surface area contributed by atoms with Crippen molar-refractivity contribution in [2.75, 3.05) is 7.05 Å². The number of benzene rings is 1. The van der Waals surface area contributed by atoms with Gasteiger partial charge in [-0.25, -0.2) is 0 Å². The molecule has 1 aromatic carbocycles. The lowest BCUT2D eigenvalue weighted by Crippen LogP contribution is -2.29. The average Bonchev–Trinajstić information content (AvgIpc) is 2.95. The van der Waals surface area contributed by atoms with Gasteiger partial charge in [-0.1, -0.05) is 43.1 Å². The third-order valence-corrected chi connectivity index (χ3v) is 4.75. The van der Waals surface area contributed by atoms with E-state index in [0.29, 0.717) is 16.6 Å². The van der Waals surface area contributed by atoms with Gasteiger partial charge < -0.3 is 10.0 Å². The summed E-state index contributed by atoms with van der Waals surface area (Å²) < 4.78 is 0. The Bertz CT molecular complexity index is 601. The fourth-order valence-corrected chi connectivity index (χ4v) is 3.25. The number of carbonyl (C=O) groups is 2. The van der Waals surface area contributed by atoms with E-state index in [-0.39, 0.29) is 5.91 Å². The summed E-state index contributed by atoms with van der Waals surface area (Å²) in [5.41, 5.74) is 0.281. The summed E-state index contributed by atoms with van der Waals surface area (Å²) in [4.78, 5) is 25.1. The number of carbonyl (C=O) groups excluding carboxylic acids is 1. The lowest BCUT2D eigenvalue weighted by molar-refractivity contribution is -0.141. The second kappa shape index (κ2) is 5.50. The molecular formula is C15H17Cl2NO3. The van der Waals surface area contributed by atoms with E-state index in [1.54, 1.807) is 39.1 Å². The Hall–Kier alpha value is -1.26. The van der Waals surface area contributed by atoms with Crippen LogP contribution >= 0.6 is 23.2 Å². The first-order chi connectivity index (χ1) is 9.66. The Morgan fingerprint density at radius 3 is 2.38 bits per heavy atom. The molecule has 0 spiro atoms. The lowest BCUT2D eigenvalue weighted by atomic mass is 10.1. The van der Waals surface area contributed by atoms with Crippen molar-refractivity contribution in [2.45, 2.75) is 20.4 Å². The van der Waals surface area contributed by atoms with Crippen LogP contribution in [0.1, 0.15) is 19.4 Å². The molecule has 0 radical (unpaired) electrons. The molecule has 1 amide bonds. The summed E-state index contributed by atoms with van der Waals surface area (Å²) in [7, 11) is 1.65. The maximum Gasteiger partial charge on any atom is 0.307 e. The molecule has 6 heteroatoms. The number of aliphatic carboxylic acids is 1. The van der Waals surface area contributed by atoms with Gasteiger partial charge in [0, 0.05) is 23.6 Å². The Labute approximate surface area is 133 Å². The minimum absolute atomic E-state index is 0.168. The summed E-state index contributed by atoms with van der Waals surface area (Å²) in [6.07, 6.45) is 0. The Morgan fingerprint density at radius 1 is 1.29 bits per heavy atom. The van der Waals surface area contributed by atoms with Crippen molar-refractivity contribution in [1.29, 1.82) is 0 Å². The highest BCUT2D eigenvalue weighted by molar-refractivity contribution is 6.35. The van der Waals surface area contributed by atoms with Crippen LogP contribution < -0.4 is 0 Å². The zero-order valence-corrected chi connectivity index (χ0v) is 13.6. The molecule has 1 aliphatic rings. The molecule has 2 rings (SSSR count). The second-order valence-corrected chi connectivity index (χ2v) is 6.89. The maximum atomic E-state index is 12.4. The van der Waals surface area contributed by atoms with Crippen molar-refractivity contribution in [3.63, 3.8) is 0 Å². The smallest absolute Gasteiger partial charge is 0.307 e. The third kappa shape index (κ3) is 3.01. The van der Waals surface area contributed by atoms with Crippen molar-refractivity contribution in [2.24, 2.45) is 17.3 Å². The van der Waals surface area contributed by atoms with Gasteiger partial charge in [0.05, 0.1) is 11.8 Å². The van der Waals surface area contributed by atoms with E-state index in [9.17, 15) is 9.59 Å². The van der Waals surface area contributed by atoms with Crippen LogP contribution in [0.25, 0.3) is 0 Å². The molecule has 1 aliphatic carbocycles. The molecule has 1 N–H and O–H groups in total. The van der Waals surface area contributed by atoms with Crippen LogP contribution in [0.3, 0.4) is 0 Å². The molecule has 0 aliphatic heterocycles. The predicted octanol–water partition coefficient (Wildman–Crippen LogP) is 3.31. The minimum Gasteiger partial charge on any atom is -0.481 e. The van der Waals surface area contributed by atoms with Crippen molar-refractivity contribution in [3.05, 3.63) is 33.8 Å². The number of carboxylic acids is 1. The number of nitrogens with zero attached hydrogens (tertiary/aromatic N) is 1. The van der Waals surface area contributed by atoms with Crippen LogP contribution in [0.4, 0.5) is 0 Å². The van der Waals surface area contributed by atoms with Gasteiger partial charge in [-0.3, -0.25) is 9.59 Å². The predicted molar refractivity (Wildman–Crippen MR) is 81.3 cm³/mol. The van der Waals surface area contributed by atoms with Crippen LogP contribution in [0.15, 0.2) is 18.2 Å². The van der Waals surface area contributed by atoms with Crippen LogP contribution in [0.5, 0.6) is 0 Å². The molecule has 0 heterocycles. The van der Waals surface area contributed by atoms with E-state index in [4.69, 9.17) is 28.3 Å². The molecule has 2 atom stereocenters. The summed E-state index contributed by atoms with van der Waals surface area (Å²) in [5.74, 6) is -2.19. The minimum atomic E-state index is -0.920. The molecule has 114 valence electrons. The lowest BCUT2D eigenvalue weighted by Gasteiger charge is -2.19. The highest BCUT2D eigenvalue weighted by Crippen LogP contribution is 2.59. The number of hydrogen-bond donors (Lipinski definition) is 1. The first-order valence-electron chi connectivity index (χ1n) is 6.58. The first kappa shape index (κ1) is 16.1. The van der Waals surface area contributed by atoms with E-state index in [1.807, 2.05) is 0 Å². The third-order valence-electron chi connectivity index (χ3n) is 4.16. The van der Waals surface area contributed by atoms with E-state index in [2.05, 4.69) is 0 Å². The largest absolute Gasteiger partial charge is 0.481 e. The zero-order chi connectivity index (χ0) is 15.9. The molecule has 0 bridgehead atoms. The normalized spacial score (nSPS) is 22.7. The van der Waals surface area contributed by atoms with Crippen LogP contribution in [-0.2, 0) is 16.1 Å². The molecule has 0 aromatic heterocycles. The van der Waals surface area contributed by atoms with Gasteiger partial charge in [0.25, 0.3) is 0 Å². The van der Waals surface area contributed by atoms with E-state index in [0.717, 1.165) is 5.56 Å². The number of carboxylic acid groups (broad SMARTS) is 1. The van der Waals surface area contributed by atoms with E-state index in [1.165, 1.54) is 4.90 Å².